The molecule has 0 N–H and O–H groups in total. The van der Waals surface area contributed by atoms with Gasteiger partial charge in [-0.2, -0.15) is 26.3 Å². The molecule has 1 aromatic rings. The third-order valence-electron chi connectivity index (χ3n) is 2.00. The van der Waals surface area contributed by atoms with E-state index in [1.54, 1.807) is 0 Å². The summed E-state index contributed by atoms with van der Waals surface area (Å²) in [5.41, 5.74) is -2.48. The van der Waals surface area contributed by atoms with E-state index >= 15 is 0 Å². The van der Waals surface area contributed by atoms with Crippen LogP contribution in [0.25, 0.3) is 0 Å². The molecule has 0 unspecified atom stereocenters. The average molecular weight is 354 g/mol. The molecular weight excluding hydrogens is 349 g/mol. The summed E-state index contributed by atoms with van der Waals surface area (Å²) in [6.07, 6.45) is -9.26. The summed E-state index contributed by atoms with van der Waals surface area (Å²) in [6.45, 7) is 1.03. The fourth-order valence-electron chi connectivity index (χ4n) is 1.21. The first-order chi connectivity index (χ1) is 7.05. The molecule has 16 heavy (non-hydrogen) atoms. The van der Waals surface area contributed by atoms with E-state index < -0.39 is 32.6 Å². The van der Waals surface area contributed by atoms with Gasteiger partial charge in [-0.25, -0.2) is 0 Å². The van der Waals surface area contributed by atoms with Gasteiger partial charge in [0.25, 0.3) is 0 Å². The first-order valence-electron chi connectivity index (χ1n) is 3.98. The summed E-state index contributed by atoms with van der Waals surface area (Å²) < 4.78 is 73.8. The molecule has 0 nitrogen and oxygen atoms in total. The molecule has 0 aromatic heterocycles. The topological polar surface area (TPSA) is 0 Å². The molecule has 0 fully saturated rings. The molecule has 0 aliphatic rings. The van der Waals surface area contributed by atoms with Crippen molar-refractivity contribution in [3.8, 4) is 0 Å². The lowest BCUT2D eigenvalue weighted by Gasteiger charge is -2.16. The SMILES string of the molecule is Cc1c(C(F)(F)F)ccc(C(F)(F)F)c1I. The second-order valence-electron chi connectivity index (χ2n) is 3.10. The lowest BCUT2D eigenvalue weighted by atomic mass is 10.0. The number of benzene rings is 1. The first kappa shape index (κ1) is 13.6. The molecule has 1 aromatic carbocycles. The molecule has 7 heteroatoms. The summed E-state index contributed by atoms with van der Waals surface area (Å²) in [5.74, 6) is 0. The summed E-state index contributed by atoms with van der Waals surface area (Å²) in [7, 11) is 0. The smallest absolute Gasteiger partial charge is 0.166 e. The van der Waals surface area contributed by atoms with Gasteiger partial charge in [0.15, 0.2) is 0 Å². The van der Waals surface area contributed by atoms with Crippen LogP contribution in [0.3, 0.4) is 0 Å². The van der Waals surface area contributed by atoms with Gasteiger partial charge in [-0.15, -0.1) is 0 Å². The number of hydrogen-bond acceptors (Lipinski definition) is 0. The lowest BCUT2D eigenvalue weighted by Crippen LogP contribution is -2.14. The molecular formula is C9H5F6I. The Kier molecular flexibility index (Phi) is 3.47. The molecule has 0 saturated heterocycles. The summed E-state index contributed by atoms with van der Waals surface area (Å²) >= 11 is 1.28. The van der Waals surface area contributed by atoms with Gasteiger partial charge >= 0.3 is 12.4 Å². The van der Waals surface area contributed by atoms with Gasteiger partial charge in [0.2, 0.25) is 0 Å². The van der Waals surface area contributed by atoms with Crippen molar-refractivity contribution in [2.75, 3.05) is 0 Å². The Morgan fingerprint density at radius 2 is 1.25 bits per heavy atom. The van der Waals surface area contributed by atoms with Gasteiger partial charge in [-0.05, 0) is 47.2 Å². The quantitative estimate of drug-likeness (QED) is 0.471. The zero-order valence-electron chi connectivity index (χ0n) is 7.80. The molecule has 1 rings (SSSR count). The first-order valence-corrected chi connectivity index (χ1v) is 5.06. The highest BCUT2D eigenvalue weighted by Crippen LogP contribution is 2.39. The molecule has 0 saturated carbocycles. The standard InChI is InChI=1S/C9H5F6I/c1-4-5(8(10,11)12)2-3-6(7(4)16)9(13,14)15/h2-3H,1H3. The van der Waals surface area contributed by atoms with Crippen molar-refractivity contribution in [2.24, 2.45) is 0 Å². The van der Waals surface area contributed by atoms with Gasteiger partial charge in [0.1, 0.15) is 0 Å². The Bertz CT molecular complexity index is 365. The van der Waals surface area contributed by atoms with Crippen molar-refractivity contribution < 1.29 is 26.3 Å². The van der Waals surface area contributed by atoms with Crippen molar-refractivity contribution in [3.63, 3.8) is 0 Å². The van der Waals surface area contributed by atoms with Crippen molar-refractivity contribution in [3.05, 3.63) is 32.4 Å². The largest absolute Gasteiger partial charge is 0.417 e. The van der Waals surface area contributed by atoms with Gasteiger partial charge in [0.05, 0.1) is 11.1 Å². The molecule has 0 aliphatic carbocycles. The minimum Gasteiger partial charge on any atom is -0.166 e. The summed E-state index contributed by atoms with van der Waals surface area (Å²) in [5, 5.41) is 0. The molecule has 0 spiro atoms. The van der Waals surface area contributed by atoms with E-state index in [2.05, 4.69) is 0 Å². The number of halogens is 7. The highest BCUT2D eigenvalue weighted by atomic mass is 127. The normalized spacial score (nSPS) is 13.0. The molecule has 0 atom stereocenters. The van der Waals surface area contributed by atoms with Crippen molar-refractivity contribution in [1.29, 1.82) is 0 Å². The van der Waals surface area contributed by atoms with Crippen molar-refractivity contribution in [1.82, 2.24) is 0 Å². The van der Waals surface area contributed by atoms with Crippen LogP contribution >= 0.6 is 22.6 Å². The van der Waals surface area contributed by atoms with Crippen LogP contribution in [0.15, 0.2) is 12.1 Å². The maximum atomic E-state index is 12.4. The number of hydrogen-bond donors (Lipinski definition) is 0. The average Bonchev–Trinajstić information content (AvgIpc) is 2.05. The van der Waals surface area contributed by atoms with Gasteiger partial charge in [0, 0.05) is 3.57 Å². The predicted octanol–water partition coefficient (Wildman–Crippen LogP) is 4.64. The lowest BCUT2D eigenvalue weighted by molar-refractivity contribution is -0.142. The van der Waals surface area contributed by atoms with Crippen LogP contribution < -0.4 is 0 Å². The fraction of sp³-hybridized carbons (Fsp3) is 0.333. The predicted molar refractivity (Wildman–Crippen MR) is 53.9 cm³/mol. The van der Waals surface area contributed by atoms with E-state index in [4.69, 9.17) is 0 Å². The number of rotatable bonds is 0. The van der Waals surface area contributed by atoms with Crippen molar-refractivity contribution in [2.45, 2.75) is 19.3 Å². The Hall–Kier alpha value is -0.470. The summed E-state index contributed by atoms with van der Waals surface area (Å²) in [6, 6.07) is 0.915. The minimum atomic E-state index is -4.63. The van der Waals surface area contributed by atoms with E-state index in [0.717, 1.165) is 6.92 Å². The van der Waals surface area contributed by atoms with Crippen LogP contribution in [-0.2, 0) is 12.4 Å². The number of alkyl halides is 6. The molecule has 0 amide bonds. The van der Waals surface area contributed by atoms with Gasteiger partial charge in [-0.3, -0.25) is 0 Å². The maximum Gasteiger partial charge on any atom is 0.417 e. The molecule has 0 radical (unpaired) electrons. The molecule has 90 valence electrons. The fourth-order valence-corrected chi connectivity index (χ4v) is 1.99. The third-order valence-corrected chi connectivity index (χ3v) is 3.39. The van der Waals surface area contributed by atoms with Crippen LogP contribution in [0.5, 0.6) is 0 Å². The third kappa shape index (κ3) is 2.61. The molecule has 0 heterocycles. The van der Waals surface area contributed by atoms with E-state index in [9.17, 15) is 26.3 Å². The van der Waals surface area contributed by atoms with Crippen molar-refractivity contribution >= 4 is 22.6 Å². The van der Waals surface area contributed by atoms with Gasteiger partial charge < -0.3 is 0 Å². The minimum absolute atomic E-state index is 0.400. The second kappa shape index (κ2) is 4.08. The van der Waals surface area contributed by atoms with E-state index in [0.29, 0.717) is 12.1 Å². The highest BCUT2D eigenvalue weighted by Gasteiger charge is 2.38. The van der Waals surface area contributed by atoms with E-state index in [1.807, 2.05) is 0 Å². The van der Waals surface area contributed by atoms with E-state index in [-0.39, 0.29) is 0 Å². The Morgan fingerprint density at radius 1 is 0.875 bits per heavy atom. The van der Waals surface area contributed by atoms with Crippen LogP contribution in [0.2, 0.25) is 0 Å². The van der Waals surface area contributed by atoms with Crippen LogP contribution in [0, 0.1) is 10.5 Å². The maximum absolute atomic E-state index is 12.4. The molecule has 0 aliphatic heterocycles. The monoisotopic (exact) mass is 354 g/mol. The van der Waals surface area contributed by atoms with Gasteiger partial charge in [-0.1, -0.05) is 0 Å². The van der Waals surface area contributed by atoms with Crippen LogP contribution in [0.1, 0.15) is 16.7 Å². The molecule has 0 bridgehead atoms. The highest BCUT2D eigenvalue weighted by molar-refractivity contribution is 14.1. The zero-order chi connectivity index (χ0) is 12.7. The summed E-state index contributed by atoms with van der Waals surface area (Å²) in [4.78, 5) is 0. The Morgan fingerprint density at radius 3 is 1.62 bits per heavy atom. The Labute approximate surface area is 101 Å². The second-order valence-corrected chi connectivity index (χ2v) is 4.17. The zero-order valence-corrected chi connectivity index (χ0v) is 9.96. The van der Waals surface area contributed by atoms with Crippen LogP contribution in [-0.4, -0.2) is 0 Å². The Balaban J connectivity index is 3.41. The van der Waals surface area contributed by atoms with Crippen LogP contribution in [0.4, 0.5) is 26.3 Å². The van der Waals surface area contributed by atoms with E-state index in [1.165, 1.54) is 22.6 Å².